The average Bonchev–Trinajstić information content (AvgIpc) is 3.04. The van der Waals surface area contributed by atoms with Crippen molar-refractivity contribution in [1.82, 2.24) is 0 Å². The van der Waals surface area contributed by atoms with Crippen LogP contribution in [0.1, 0.15) is 98.2 Å². The van der Waals surface area contributed by atoms with E-state index in [4.69, 9.17) is 4.74 Å². The monoisotopic (exact) mass is 715 g/mol. The van der Waals surface area contributed by atoms with Gasteiger partial charge in [0.2, 0.25) is 0 Å². The van der Waals surface area contributed by atoms with Crippen LogP contribution in [0.15, 0.2) is 66.7 Å². The number of unbranched alkanes of at least 4 members (excludes halogenated alkanes) is 6. The number of ether oxygens (including phenoxy) is 1. The largest absolute Gasteiger partial charge is 0.545 e. The highest BCUT2D eigenvalue weighted by Crippen LogP contribution is 2.33. The van der Waals surface area contributed by atoms with Crippen LogP contribution in [0, 0.1) is 0 Å². The van der Waals surface area contributed by atoms with Gasteiger partial charge in [-0.3, -0.25) is 0 Å². The standard InChI is InChI=1S/C43H68O3Si3/c1-10-11-12-13-14-16-29-46-40-26-23-38(24-27-40)42-33-39(25-28-41(42)43(44)45)35(2)37-21-19-36(20-22-37)18-15-17-30-48(6,7)31-32-49(8,9)34-47(3,4)5/h19-28,33,35H,10-18,29-32,34H2,1-9H3,(H,44,45)/p-1. The van der Waals surface area contributed by atoms with Crippen molar-refractivity contribution in [2.45, 2.75) is 147 Å². The van der Waals surface area contributed by atoms with Crippen molar-refractivity contribution in [3.8, 4) is 16.9 Å². The molecule has 0 aliphatic heterocycles. The van der Waals surface area contributed by atoms with Crippen LogP contribution in [-0.2, 0) is 6.42 Å². The molecule has 0 fully saturated rings. The van der Waals surface area contributed by atoms with Gasteiger partial charge >= 0.3 is 0 Å². The fourth-order valence-electron chi connectivity index (χ4n) is 7.48. The molecule has 0 aliphatic rings. The molecule has 1 atom stereocenters. The molecule has 0 heterocycles. The SMILES string of the molecule is CCCCCCCCOc1ccc(-c2cc(C(C)c3ccc(CCCC[Si](C)(C)CC[Si](C)(C)C[Si](C)(C)C)cc3)ccc2C(=O)[O-])cc1. The summed E-state index contributed by atoms with van der Waals surface area (Å²) in [4.78, 5) is 12.1. The van der Waals surface area contributed by atoms with Crippen LogP contribution >= 0.6 is 0 Å². The molecule has 3 nitrogen and oxygen atoms in total. The highest BCUT2D eigenvalue weighted by Gasteiger charge is 2.31. The molecule has 0 saturated heterocycles. The van der Waals surface area contributed by atoms with Gasteiger partial charge in [-0.15, -0.1) is 0 Å². The van der Waals surface area contributed by atoms with E-state index in [2.05, 4.69) is 83.9 Å². The second-order valence-corrected chi connectivity index (χ2v) is 34.2. The molecule has 0 aromatic heterocycles. The van der Waals surface area contributed by atoms with Gasteiger partial charge < -0.3 is 14.6 Å². The zero-order chi connectivity index (χ0) is 36.1. The van der Waals surface area contributed by atoms with Crippen LogP contribution in [0.3, 0.4) is 0 Å². The molecule has 0 aliphatic carbocycles. The molecule has 1 unspecified atom stereocenters. The summed E-state index contributed by atoms with van der Waals surface area (Å²) in [5.41, 5.74) is 7.08. The number of benzene rings is 3. The minimum absolute atomic E-state index is 0.143. The first kappa shape index (κ1) is 41.0. The molecule has 0 saturated carbocycles. The molecule has 0 spiro atoms. The Morgan fingerprint density at radius 3 is 1.94 bits per heavy atom. The summed E-state index contributed by atoms with van der Waals surface area (Å²) in [6.07, 6.45) is 11.1. The summed E-state index contributed by atoms with van der Waals surface area (Å²) in [6.45, 7) is 23.3. The fraction of sp³-hybridized carbons (Fsp3) is 0.558. The smallest absolute Gasteiger partial charge is 0.119 e. The van der Waals surface area contributed by atoms with Gasteiger partial charge in [0.25, 0.3) is 0 Å². The van der Waals surface area contributed by atoms with Gasteiger partial charge in [0.15, 0.2) is 0 Å². The van der Waals surface area contributed by atoms with Gasteiger partial charge in [-0.05, 0) is 65.3 Å². The van der Waals surface area contributed by atoms with E-state index >= 15 is 0 Å². The Hall–Kier alpha value is -2.42. The zero-order valence-electron chi connectivity index (χ0n) is 32.6. The van der Waals surface area contributed by atoms with Crippen LogP contribution in [0.5, 0.6) is 5.75 Å². The molecular formula is C43H67O3Si3-. The average molecular weight is 716 g/mol. The Morgan fingerprint density at radius 1 is 0.694 bits per heavy atom. The van der Waals surface area contributed by atoms with Crippen molar-refractivity contribution < 1.29 is 14.6 Å². The van der Waals surface area contributed by atoms with E-state index in [-0.39, 0.29) is 11.5 Å². The van der Waals surface area contributed by atoms with Gasteiger partial charge in [0, 0.05) is 35.7 Å². The lowest BCUT2D eigenvalue weighted by atomic mass is 9.88. The molecule has 0 N–H and O–H groups in total. The van der Waals surface area contributed by atoms with Gasteiger partial charge in [0.05, 0.1) is 12.6 Å². The summed E-state index contributed by atoms with van der Waals surface area (Å²) in [7, 11) is -3.18. The molecule has 3 rings (SSSR count). The summed E-state index contributed by atoms with van der Waals surface area (Å²) >= 11 is 0. The second-order valence-electron chi connectivity index (χ2n) is 17.5. The van der Waals surface area contributed by atoms with Crippen LogP contribution in [-0.4, -0.2) is 36.8 Å². The lowest BCUT2D eigenvalue weighted by molar-refractivity contribution is -0.254. The van der Waals surface area contributed by atoms with Crippen LogP contribution in [0.2, 0.25) is 69.6 Å². The normalized spacial score (nSPS) is 13.0. The molecule has 0 bridgehead atoms. The third-order valence-electron chi connectivity index (χ3n) is 10.2. The van der Waals surface area contributed by atoms with Gasteiger partial charge in [-0.1, -0.05) is 171 Å². The number of hydrogen-bond donors (Lipinski definition) is 0. The maximum atomic E-state index is 12.1. The molecule has 3 aromatic rings. The van der Waals surface area contributed by atoms with Crippen molar-refractivity contribution in [1.29, 1.82) is 0 Å². The third-order valence-corrected chi connectivity index (χ3v) is 23.7. The fourth-order valence-corrected chi connectivity index (χ4v) is 26.5. The number of carboxylic acid groups (broad SMARTS) is 1. The number of carbonyl (C=O) groups excluding carboxylic acids is 1. The van der Waals surface area contributed by atoms with Crippen molar-refractivity contribution in [3.63, 3.8) is 0 Å². The molecule has 49 heavy (non-hydrogen) atoms. The predicted molar refractivity (Wildman–Crippen MR) is 220 cm³/mol. The van der Waals surface area contributed by atoms with Crippen molar-refractivity contribution in [3.05, 3.63) is 89.0 Å². The number of hydrogen-bond acceptors (Lipinski definition) is 3. The Balaban J connectivity index is 1.55. The number of aryl methyl sites for hydroxylation is 1. The van der Waals surface area contributed by atoms with Crippen molar-refractivity contribution in [2.24, 2.45) is 0 Å². The molecular weight excluding hydrogens is 649 g/mol. The van der Waals surface area contributed by atoms with Crippen molar-refractivity contribution >= 4 is 30.2 Å². The van der Waals surface area contributed by atoms with E-state index < -0.39 is 30.2 Å². The lowest BCUT2D eigenvalue weighted by Crippen LogP contribution is -2.39. The topological polar surface area (TPSA) is 49.4 Å². The van der Waals surface area contributed by atoms with Crippen LogP contribution in [0.25, 0.3) is 11.1 Å². The van der Waals surface area contributed by atoms with Crippen molar-refractivity contribution in [2.75, 3.05) is 6.61 Å². The molecule has 6 heteroatoms. The minimum atomic E-state index is -1.15. The first-order valence-electron chi connectivity index (χ1n) is 19.3. The second kappa shape index (κ2) is 19.3. The number of carboxylic acids is 1. The molecule has 270 valence electrons. The van der Waals surface area contributed by atoms with E-state index in [0.717, 1.165) is 29.7 Å². The van der Waals surface area contributed by atoms with E-state index in [1.54, 1.807) is 11.7 Å². The zero-order valence-corrected chi connectivity index (χ0v) is 35.6. The highest BCUT2D eigenvalue weighted by molar-refractivity contribution is 6.95. The predicted octanol–water partition coefficient (Wildman–Crippen LogP) is 12.2. The maximum Gasteiger partial charge on any atom is 0.119 e. The first-order chi connectivity index (χ1) is 23.1. The molecule has 0 radical (unpaired) electrons. The Labute approximate surface area is 303 Å². The van der Waals surface area contributed by atoms with E-state index in [9.17, 15) is 9.90 Å². The first-order valence-corrected chi connectivity index (χ1v) is 29.8. The third kappa shape index (κ3) is 14.8. The number of rotatable bonds is 22. The summed E-state index contributed by atoms with van der Waals surface area (Å²) in [5, 5.41) is 12.1. The lowest BCUT2D eigenvalue weighted by Gasteiger charge is -2.33. The Kier molecular flexibility index (Phi) is 16.1. The summed E-state index contributed by atoms with van der Waals surface area (Å²) in [6, 6.07) is 27.0. The quantitative estimate of drug-likeness (QED) is 0.0768. The van der Waals surface area contributed by atoms with E-state index in [0.29, 0.717) is 12.2 Å². The minimum Gasteiger partial charge on any atom is -0.545 e. The van der Waals surface area contributed by atoms with E-state index in [1.165, 1.54) is 74.2 Å². The molecule has 0 amide bonds. The molecule has 3 aromatic carbocycles. The maximum absolute atomic E-state index is 12.1. The van der Waals surface area contributed by atoms with Gasteiger partial charge in [-0.25, -0.2) is 0 Å². The Bertz CT molecular complexity index is 1420. The number of aromatic carboxylic acids is 1. The Morgan fingerprint density at radius 2 is 1.31 bits per heavy atom. The van der Waals surface area contributed by atoms with E-state index in [1.807, 2.05) is 36.4 Å². The highest BCUT2D eigenvalue weighted by atomic mass is 28.4. The summed E-state index contributed by atoms with van der Waals surface area (Å²) in [5.74, 6) is -0.189. The van der Waals surface area contributed by atoms with Crippen LogP contribution in [0.4, 0.5) is 0 Å². The van der Waals surface area contributed by atoms with Gasteiger partial charge in [0.1, 0.15) is 5.75 Å². The van der Waals surface area contributed by atoms with Gasteiger partial charge in [-0.2, -0.15) is 0 Å². The van der Waals surface area contributed by atoms with Crippen LogP contribution < -0.4 is 9.84 Å². The number of carbonyl (C=O) groups is 1. The summed E-state index contributed by atoms with van der Waals surface area (Å²) < 4.78 is 5.97.